The molecule has 1 aromatic rings. The molecule has 0 saturated carbocycles. The third kappa shape index (κ3) is 2.27. The second-order valence-corrected chi connectivity index (χ2v) is 6.04. The summed E-state index contributed by atoms with van der Waals surface area (Å²) in [5.41, 5.74) is 1.07. The summed E-state index contributed by atoms with van der Waals surface area (Å²) in [6.45, 7) is 0.736. The summed E-state index contributed by atoms with van der Waals surface area (Å²) < 4.78 is 5.37. The van der Waals surface area contributed by atoms with E-state index in [9.17, 15) is 9.90 Å². The Bertz CT molecular complexity index is 534. The topological polar surface area (TPSA) is 49.8 Å². The van der Waals surface area contributed by atoms with Crippen molar-refractivity contribution in [3.05, 3.63) is 28.8 Å². The van der Waals surface area contributed by atoms with Crippen LogP contribution in [0.2, 0.25) is 5.02 Å². The van der Waals surface area contributed by atoms with E-state index in [2.05, 4.69) is 4.90 Å². The largest absolute Gasteiger partial charge is 0.496 e. The van der Waals surface area contributed by atoms with Crippen molar-refractivity contribution in [3.63, 3.8) is 0 Å². The lowest BCUT2D eigenvalue weighted by Crippen LogP contribution is -2.32. The summed E-state index contributed by atoms with van der Waals surface area (Å²) >= 11 is 5.98. The molecule has 1 aromatic carbocycles. The average Bonchev–Trinajstić information content (AvgIpc) is 2.98. The van der Waals surface area contributed by atoms with Gasteiger partial charge < -0.3 is 9.84 Å². The number of fused-ring (bicyclic) bond motifs is 2. The normalized spacial score (nSPS) is 28.8. The maximum atomic E-state index is 11.3. The third-order valence-corrected chi connectivity index (χ3v) is 4.84. The first kappa shape index (κ1) is 13.7. The number of hydrogen-bond donors (Lipinski definition) is 1. The SMILES string of the molecule is COc1cc(Cl)ccc1CN1C2CCC1C(C(=O)O)C2. The van der Waals surface area contributed by atoms with E-state index in [1.807, 2.05) is 18.2 Å². The second kappa shape index (κ2) is 5.26. The number of nitrogens with zero attached hydrogens (tertiary/aromatic N) is 1. The summed E-state index contributed by atoms with van der Waals surface area (Å²) in [7, 11) is 1.63. The van der Waals surface area contributed by atoms with Gasteiger partial charge in [-0.3, -0.25) is 9.69 Å². The Hall–Kier alpha value is -1.26. The molecule has 4 nitrogen and oxygen atoms in total. The number of carboxylic acid groups (broad SMARTS) is 1. The number of rotatable bonds is 4. The van der Waals surface area contributed by atoms with Crippen LogP contribution in [0.5, 0.6) is 5.75 Å². The second-order valence-electron chi connectivity index (χ2n) is 5.61. The Kier molecular flexibility index (Phi) is 3.61. The number of hydrogen-bond acceptors (Lipinski definition) is 3. The van der Waals surface area contributed by atoms with E-state index >= 15 is 0 Å². The summed E-state index contributed by atoms with van der Waals surface area (Å²) in [6, 6.07) is 6.18. The van der Waals surface area contributed by atoms with Crippen molar-refractivity contribution in [2.24, 2.45) is 5.92 Å². The molecular formula is C15H18ClNO3. The molecule has 0 spiro atoms. The van der Waals surface area contributed by atoms with Gasteiger partial charge in [-0.15, -0.1) is 0 Å². The maximum absolute atomic E-state index is 11.3. The molecule has 3 unspecified atom stereocenters. The van der Waals surface area contributed by atoms with Gasteiger partial charge in [0.1, 0.15) is 5.75 Å². The van der Waals surface area contributed by atoms with Gasteiger partial charge in [0.25, 0.3) is 0 Å². The Morgan fingerprint density at radius 2 is 2.30 bits per heavy atom. The molecule has 0 amide bonds. The minimum atomic E-state index is -0.662. The zero-order valence-corrected chi connectivity index (χ0v) is 12.1. The standard InChI is InChI=1S/C15H18ClNO3/c1-20-14-6-10(16)3-2-9(14)8-17-11-4-5-13(17)12(7-11)15(18)19/h2-3,6,11-13H,4-5,7-8H2,1H3,(H,18,19). The van der Waals surface area contributed by atoms with Crippen LogP contribution in [0.25, 0.3) is 0 Å². The molecule has 2 aliphatic rings. The number of halogens is 1. The molecule has 0 aromatic heterocycles. The van der Waals surface area contributed by atoms with Gasteiger partial charge in [-0.05, 0) is 31.4 Å². The third-order valence-electron chi connectivity index (χ3n) is 4.60. The van der Waals surface area contributed by atoms with Gasteiger partial charge in [-0.25, -0.2) is 0 Å². The summed E-state index contributed by atoms with van der Waals surface area (Å²) in [5, 5.41) is 9.94. The molecule has 0 radical (unpaired) electrons. The minimum Gasteiger partial charge on any atom is -0.496 e. The number of carbonyl (C=O) groups is 1. The monoisotopic (exact) mass is 295 g/mol. The van der Waals surface area contributed by atoms with Gasteiger partial charge in [0.15, 0.2) is 0 Å². The predicted octanol–water partition coefficient (Wildman–Crippen LogP) is 2.79. The van der Waals surface area contributed by atoms with Crippen LogP contribution in [0, 0.1) is 5.92 Å². The maximum Gasteiger partial charge on any atom is 0.308 e. The molecule has 5 heteroatoms. The van der Waals surface area contributed by atoms with Gasteiger partial charge in [0.05, 0.1) is 13.0 Å². The Labute approximate surface area is 123 Å². The molecule has 3 atom stereocenters. The number of aliphatic carboxylic acids is 1. The van der Waals surface area contributed by atoms with Crippen molar-refractivity contribution in [3.8, 4) is 5.75 Å². The van der Waals surface area contributed by atoms with E-state index in [0.29, 0.717) is 11.1 Å². The fourth-order valence-electron chi connectivity index (χ4n) is 3.66. The van der Waals surface area contributed by atoms with E-state index < -0.39 is 5.97 Å². The molecule has 2 bridgehead atoms. The van der Waals surface area contributed by atoms with Crippen molar-refractivity contribution in [1.29, 1.82) is 0 Å². The highest BCUT2D eigenvalue weighted by Gasteiger charge is 2.49. The van der Waals surface area contributed by atoms with Crippen molar-refractivity contribution in [2.75, 3.05) is 7.11 Å². The van der Waals surface area contributed by atoms with Gasteiger partial charge in [-0.1, -0.05) is 17.7 Å². The van der Waals surface area contributed by atoms with Gasteiger partial charge >= 0.3 is 5.97 Å². The number of methoxy groups -OCH3 is 1. The van der Waals surface area contributed by atoms with Gasteiger partial charge in [0.2, 0.25) is 0 Å². The summed E-state index contributed by atoms with van der Waals surface area (Å²) in [4.78, 5) is 13.6. The summed E-state index contributed by atoms with van der Waals surface area (Å²) in [6.07, 6.45) is 2.86. The van der Waals surface area contributed by atoms with E-state index in [1.54, 1.807) is 7.11 Å². The molecule has 2 fully saturated rings. The van der Waals surface area contributed by atoms with Crippen molar-refractivity contribution in [2.45, 2.75) is 37.9 Å². The lowest BCUT2D eigenvalue weighted by molar-refractivity contribution is -0.142. The average molecular weight is 296 g/mol. The number of benzene rings is 1. The van der Waals surface area contributed by atoms with Crippen LogP contribution in [0.15, 0.2) is 18.2 Å². The van der Waals surface area contributed by atoms with Crippen LogP contribution >= 0.6 is 11.6 Å². The summed E-state index contributed by atoms with van der Waals surface area (Å²) in [5.74, 6) is -0.104. The highest BCUT2D eigenvalue weighted by Crippen LogP contribution is 2.43. The zero-order valence-electron chi connectivity index (χ0n) is 11.4. The van der Waals surface area contributed by atoms with Gasteiger partial charge in [-0.2, -0.15) is 0 Å². The fourth-order valence-corrected chi connectivity index (χ4v) is 3.82. The van der Waals surface area contributed by atoms with Crippen molar-refractivity contribution >= 4 is 17.6 Å². The van der Waals surface area contributed by atoms with E-state index in [4.69, 9.17) is 16.3 Å². The lowest BCUT2D eigenvalue weighted by atomic mass is 9.89. The minimum absolute atomic E-state index is 0.165. The van der Waals surface area contributed by atoms with Crippen LogP contribution in [-0.2, 0) is 11.3 Å². The Morgan fingerprint density at radius 1 is 1.50 bits per heavy atom. The smallest absolute Gasteiger partial charge is 0.308 e. The molecule has 2 saturated heterocycles. The molecular weight excluding hydrogens is 278 g/mol. The first-order valence-electron chi connectivity index (χ1n) is 6.91. The quantitative estimate of drug-likeness (QED) is 0.928. The van der Waals surface area contributed by atoms with Crippen LogP contribution in [0.1, 0.15) is 24.8 Å². The van der Waals surface area contributed by atoms with Crippen LogP contribution in [0.3, 0.4) is 0 Å². The number of ether oxygens (including phenoxy) is 1. The fraction of sp³-hybridized carbons (Fsp3) is 0.533. The highest BCUT2D eigenvalue weighted by atomic mass is 35.5. The Balaban J connectivity index is 1.81. The van der Waals surface area contributed by atoms with Crippen LogP contribution in [0.4, 0.5) is 0 Å². The van der Waals surface area contributed by atoms with Crippen LogP contribution in [-0.4, -0.2) is 35.2 Å². The predicted molar refractivity (Wildman–Crippen MR) is 76.1 cm³/mol. The molecule has 2 aliphatic heterocycles. The molecule has 0 aliphatic carbocycles. The molecule has 3 rings (SSSR count). The van der Waals surface area contributed by atoms with Crippen LogP contribution < -0.4 is 4.74 Å². The number of carboxylic acids is 1. The molecule has 2 heterocycles. The first-order chi connectivity index (χ1) is 9.60. The van der Waals surface area contributed by atoms with E-state index in [1.165, 1.54) is 0 Å². The zero-order chi connectivity index (χ0) is 14.3. The highest BCUT2D eigenvalue weighted by molar-refractivity contribution is 6.30. The molecule has 20 heavy (non-hydrogen) atoms. The first-order valence-corrected chi connectivity index (χ1v) is 7.29. The van der Waals surface area contributed by atoms with Gasteiger partial charge in [0, 0.05) is 29.2 Å². The Morgan fingerprint density at radius 3 is 2.95 bits per heavy atom. The molecule has 1 N–H and O–H groups in total. The van der Waals surface area contributed by atoms with Crippen molar-refractivity contribution < 1.29 is 14.6 Å². The lowest BCUT2D eigenvalue weighted by Gasteiger charge is -2.23. The molecule has 108 valence electrons. The van der Waals surface area contributed by atoms with E-state index in [-0.39, 0.29) is 12.0 Å². The van der Waals surface area contributed by atoms with Crippen molar-refractivity contribution in [1.82, 2.24) is 4.90 Å². The van der Waals surface area contributed by atoms with E-state index in [0.717, 1.165) is 37.1 Å².